The van der Waals surface area contributed by atoms with Gasteiger partial charge in [-0.15, -0.1) is 0 Å². The minimum atomic E-state index is 0.359. The van der Waals surface area contributed by atoms with E-state index in [9.17, 15) is 0 Å². The molecule has 0 aromatic carbocycles. The van der Waals surface area contributed by atoms with Crippen molar-refractivity contribution in [3.63, 3.8) is 0 Å². The minimum absolute atomic E-state index is 0.359. The van der Waals surface area contributed by atoms with Crippen molar-refractivity contribution in [1.82, 2.24) is 20.8 Å². The van der Waals surface area contributed by atoms with Crippen LogP contribution in [0.4, 0.5) is 11.8 Å². The first-order chi connectivity index (χ1) is 9.78. The Morgan fingerprint density at radius 2 is 2.20 bits per heavy atom. The number of rotatable bonds is 3. The lowest BCUT2D eigenvalue weighted by molar-refractivity contribution is 0.264. The molecule has 110 valence electrons. The zero-order valence-corrected chi connectivity index (χ0v) is 12.0. The number of nitrogens with one attached hydrogen (secondary N) is 2. The Balaban J connectivity index is 1.59. The van der Waals surface area contributed by atoms with Crippen molar-refractivity contribution in [3.05, 3.63) is 12.3 Å². The fourth-order valence-electron chi connectivity index (χ4n) is 3.48. The number of nitrogen functional groups attached to an aromatic ring is 1. The lowest BCUT2D eigenvalue weighted by atomic mass is 9.82. The molecule has 0 amide bonds. The monoisotopic (exact) mass is 276 g/mol. The van der Waals surface area contributed by atoms with Crippen molar-refractivity contribution in [2.75, 3.05) is 30.3 Å². The van der Waals surface area contributed by atoms with E-state index < -0.39 is 0 Å². The molecule has 2 unspecified atom stereocenters. The second-order valence-electron chi connectivity index (χ2n) is 5.82. The minimum Gasteiger partial charge on any atom is -0.368 e. The van der Waals surface area contributed by atoms with Crippen LogP contribution in [-0.4, -0.2) is 35.6 Å². The number of hydrogen-bond donors (Lipinski definition) is 3. The Hall–Kier alpha value is -1.40. The molecule has 3 heterocycles. The zero-order valence-electron chi connectivity index (χ0n) is 12.0. The molecule has 6 nitrogen and oxygen atoms in total. The van der Waals surface area contributed by atoms with Crippen LogP contribution >= 0.6 is 0 Å². The third-order valence-electron chi connectivity index (χ3n) is 4.70. The summed E-state index contributed by atoms with van der Waals surface area (Å²) in [7, 11) is 0. The number of piperidine rings is 1. The van der Waals surface area contributed by atoms with Gasteiger partial charge >= 0.3 is 0 Å². The maximum atomic E-state index is 5.66. The quantitative estimate of drug-likeness (QED) is 0.757. The van der Waals surface area contributed by atoms with Gasteiger partial charge in [0.1, 0.15) is 5.82 Å². The van der Waals surface area contributed by atoms with Gasteiger partial charge in [-0.2, -0.15) is 4.98 Å². The Labute approximate surface area is 120 Å². The fraction of sp³-hybridized carbons (Fsp3) is 0.714. The summed E-state index contributed by atoms with van der Waals surface area (Å²) in [4.78, 5) is 10.6. The first-order valence-electron chi connectivity index (χ1n) is 7.59. The molecule has 0 radical (unpaired) electrons. The maximum Gasteiger partial charge on any atom is 0.221 e. The molecule has 3 rings (SSSR count). The van der Waals surface area contributed by atoms with Gasteiger partial charge in [-0.3, -0.25) is 10.9 Å². The summed E-state index contributed by atoms with van der Waals surface area (Å²) >= 11 is 0. The standard InChI is InChI=1S/C14H24N6/c1-2-10-9-17-19-13(10)11-4-7-20(8-5-11)12-3-6-16-14(15)18-12/h3,6,10-11,13,17,19H,2,4-5,7-9H2,1H3,(H2,15,16,18). The molecule has 2 aliphatic heterocycles. The molecule has 20 heavy (non-hydrogen) atoms. The molecule has 0 spiro atoms. The first kappa shape index (κ1) is 13.6. The van der Waals surface area contributed by atoms with Crippen LogP contribution in [0.5, 0.6) is 0 Å². The van der Waals surface area contributed by atoms with Crippen molar-refractivity contribution in [1.29, 1.82) is 0 Å². The van der Waals surface area contributed by atoms with Crippen LogP contribution in [0.15, 0.2) is 12.3 Å². The van der Waals surface area contributed by atoms with Crippen LogP contribution in [0.1, 0.15) is 26.2 Å². The summed E-state index contributed by atoms with van der Waals surface area (Å²) in [5.41, 5.74) is 12.5. The number of hydrogen-bond acceptors (Lipinski definition) is 6. The van der Waals surface area contributed by atoms with Crippen LogP contribution in [0.2, 0.25) is 0 Å². The summed E-state index contributed by atoms with van der Waals surface area (Å²) < 4.78 is 0. The van der Waals surface area contributed by atoms with Crippen molar-refractivity contribution >= 4 is 11.8 Å². The molecule has 6 heteroatoms. The molecular weight excluding hydrogens is 252 g/mol. The third-order valence-corrected chi connectivity index (χ3v) is 4.70. The van der Waals surface area contributed by atoms with E-state index in [1.54, 1.807) is 6.20 Å². The smallest absolute Gasteiger partial charge is 0.221 e. The molecule has 1 aromatic heterocycles. The molecule has 2 saturated heterocycles. The molecule has 0 aliphatic carbocycles. The molecule has 2 fully saturated rings. The van der Waals surface area contributed by atoms with Gasteiger partial charge in [0.2, 0.25) is 5.95 Å². The third kappa shape index (κ3) is 2.71. The second kappa shape index (κ2) is 5.93. The molecule has 0 saturated carbocycles. The molecule has 2 aliphatic rings. The Morgan fingerprint density at radius 3 is 2.90 bits per heavy atom. The number of nitrogens with zero attached hydrogens (tertiary/aromatic N) is 3. The van der Waals surface area contributed by atoms with E-state index in [0.717, 1.165) is 37.3 Å². The van der Waals surface area contributed by atoms with Gasteiger partial charge in [0, 0.05) is 31.9 Å². The van der Waals surface area contributed by atoms with Crippen LogP contribution in [0.3, 0.4) is 0 Å². The predicted octanol–water partition coefficient (Wildman–Crippen LogP) is 0.778. The summed E-state index contributed by atoms with van der Waals surface area (Å²) in [5, 5.41) is 0. The average Bonchev–Trinajstić information content (AvgIpc) is 2.96. The number of aromatic nitrogens is 2. The molecular formula is C14H24N6. The Bertz CT molecular complexity index is 443. The zero-order chi connectivity index (χ0) is 13.9. The lowest BCUT2D eigenvalue weighted by Crippen LogP contribution is -2.44. The van der Waals surface area contributed by atoms with E-state index in [2.05, 4.69) is 32.6 Å². The lowest BCUT2D eigenvalue weighted by Gasteiger charge is -2.36. The fourth-order valence-corrected chi connectivity index (χ4v) is 3.48. The van der Waals surface area contributed by atoms with Gasteiger partial charge in [0.15, 0.2) is 0 Å². The second-order valence-corrected chi connectivity index (χ2v) is 5.82. The van der Waals surface area contributed by atoms with E-state index in [0.29, 0.717) is 12.0 Å². The summed E-state index contributed by atoms with van der Waals surface area (Å²) in [6, 6.07) is 2.57. The predicted molar refractivity (Wildman–Crippen MR) is 80.1 cm³/mol. The highest BCUT2D eigenvalue weighted by Crippen LogP contribution is 2.29. The van der Waals surface area contributed by atoms with E-state index in [-0.39, 0.29) is 0 Å². The van der Waals surface area contributed by atoms with Crippen LogP contribution in [0.25, 0.3) is 0 Å². The first-order valence-corrected chi connectivity index (χ1v) is 7.59. The molecule has 0 bridgehead atoms. The Kier molecular flexibility index (Phi) is 4.03. The number of anilines is 2. The van der Waals surface area contributed by atoms with Gasteiger partial charge in [0.05, 0.1) is 0 Å². The average molecular weight is 276 g/mol. The van der Waals surface area contributed by atoms with Gasteiger partial charge in [-0.25, -0.2) is 4.98 Å². The van der Waals surface area contributed by atoms with Crippen molar-refractivity contribution in [2.24, 2.45) is 11.8 Å². The van der Waals surface area contributed by atoms with Crippen molar-refractivity contribution in [3.8, 4) is 0 Å². The SMILES string of the molecule is CCC1CNNC1C1CCN(c2ccnc(N)n2)CC1. The van der Waals surface area contributed by atoms with Crippen molar-refractivity contribution in [2.45, 2.75) is 32.2 Å². The molecule has 1 aromatic rings. The Morgan fingerprint density at radius 1 is 1.40 bits per heavy atom. The number of nitrogens with two attached hydrogens (primary N) is 1. The number of hydrazine groups is 1. The summed E-state index contributed by atoms with van der Waals surface area (Å²) in [6.07, 6.45) is 5.39. The summed E-state index contributed by atoms with van der Waals surface area (Å²) in [5.74, 6) is 2.84. The topological polar surface area (TPSA) is 79.1 Å². The van der Waals surface area contributed by atoms with Crippen molar-refractivity contribution < 1.29 is 0 Å². The largest absolute Gasteiger partial charge is 0.368 e. The maximum absolute atomic E-state index is 5.66. The highest BCUT2D eigenvalue weighted by molar-refractivity contribution is 5.41. The van der Waals surface area contributed by atoms with Crippen LogP contribution in [-0.2, 0) is 0 Å². The van der Waals surface area contributed by atoms with E-state index >= 15 is 0 Å². The molecule has 4 N–H and O–H groups in total. The molecule has 2 atom stereocenters. The highest BCUT2D eigenvalue weighted by atomic mass is 15.4. The van der Waals surface area contributed by atoms with Gasteiger partial charge in [-0.05, 0) is 30.7 Å². The van der Waals surface area contributed by atoms with E-state index in [1.807, 2.05) is 6.07 Å². The van der Waals surface area contributed by atoms with Gasteiger partial charge in [-0.1, -0.05) is 13.3 Å². The highest BCUT2D eigenvalue weighted by Gasteiger charge is 2.34. The van der Waals surface area contributed by atoms with Crippen LogP contribution in [0, 0.1) is 11.8 Å². The normalized spacial score (nSPS) is 27.9. The van der Waals surface area contributed by atoms with E-state index in [4.69, 9.17) is 5.73 Å². The van der Waals surface area contributed by atoms with Crippen LogP contribution < -0.4 is 21.5 Å². The van der Waals surface area contributed by atoms with E-state index in [1.165, 1.54) is 19.3 Å². The van der Waals surface area contributed by atoms with Gasteiger partial charge < -0.3 is 10.6 Å². The van der Waals surface area contributed by atoms with Gasteiger partial charge in [0.25, 0.3) is 0 Å². The summed E-state index contributed by atoms with van der Waals surface area (Å²) in [6.45, 7) is 5.49.